The molecule has 27 heavy (non-hydrogen) atoms. The highest BCUT2D eigenvalue weighted by Gasteiger charge is 2.42. The fraction of sp³-hybridized carbons (Fsp3) is 0.522. The predicted molar refractivity (Wildman–Crippen MR) is 110 cm³/mol. The summed E-state index contributed by atoms with van der Waals surface area (Å²) in [4.78, 5) is 13.1. The van der Waals surface area contributed by atoms with Crippen molar-refractivity contribution in [3.8, 4) is 5.75 Å². The Morgan fingerprint density at radius 1 is 1.22 bits per heavy atom. The van der Waals surface area contributed by atoms with Crippen molar-refractivity contribution in [2.24, 2.45) is 5.92 Å². The van der Waals surface area contributed by atoms with Crippen molar-refractivity contribution >= 4 is 22.4 Å². The highest BCUT2D eigenvalue weighted by Crippen LogP contribution is 2.37. The van der Waals surface area contributed by atoms with Crippen LogP contribution in [0.4, 0.5) is 5.69 Å². The number of amides is 1. The van der Waals surface area contributed by atoms with Crippen LogP contribution in [-0.2, 0) is 9.53 Å². The molecular formula is C23H31NO3. The third-order valence-electron chi connectivity index (χ3n) is 5.65. The summed E-state index contributed by atoms with van der Waals surface area (Å²) in [6.45, 7) is 5.05. The summed E-state index contributed by atoms with van der Waals surface area (Å²) in [5.74, 6) is 1.32. The van der Waals surface area contributed by atoms with Crippen LogP contribution in [0.3, 0.4) is 0 Å². The Labute approximate surface area is 162 Å². The normalized spacial score (nSPS) is 22.6. The molecule has 4 nitrogen and oxygen atoms in total. The summed E-state index contributed by atoms with van der Waals surface area (Å²) >= 11 is 0. The Hall–Kier alpha value is -2.07. The molecule has 1 aliphatic rings. The lowest BCUT2D eigenvalue weighted by molar-refractivity contribution is -0.143. The smallest absolute Gasteiger partial charge is 0.256 e. The first-order valence-electron chi connectivity index (χ1n) is 10.1. The van der Waals surface area contributed by atoms with Crippen molar-refractivity contribution in [1.29, 1.82) is 0 Å². The van der Waals surface area contributed by atoms with E-state index in [0.29, 0.717) is 12.5 Å². The van der Waals surface area contributed by atoms with Gasteiger partial charge >= 0.3 is 0 Å². The summed E-state index contributed by atoms with van der Waals surface area (Å²) in [6.07, 6.45) is 5.85. The quantitative estimate of drug-likeness (QED) is 0.651. The standard InChI is InChI=1S/C23H31NO3/c1-4-5-15-27-21-13-12-20(18-10-6-7-11-19(18)21)24-22(25)23(26-3)14-8-9-17(2)16-23/h6-7,10-13,17H,4-5,8-9,14-16H2,1-3H3,(H,24,25)/t17-,23-/m0/s1. The molecule has 3 rings (SSSR count). The van der Waals surface area contributed by atoms with E-state index in [4.69, 9.17) is 9.47 Å². The topological polar surface area (TPSA) is 47.6 Å². The number of fused-ring (bicyclic) bond motifs is 1. The number of rotatable bonds is 7. The van der Waals surface area contributed by atoms with Gasteiger partial charge in [0.2, 0.25) is 0 Å². The molecule has 2 atom stereocenters. The van der Waals surface area contributed by atoms with Crippen LogP contribution >= 0.6 is 0 Å². The minimum Gasteiger partial charge on any atom is -0.493 e. The van der Waals surface area contributed by atoms with Gasteiger partial charge in [0.05, 0.1) is 6.61 Å². The molecule has 146 valence electrons. The Kier molecular flexibility index (Phi) is 6.38. The minimum atomic E-state index is -0.727. The van der Waals surface area contributed by atoms with Gasteiger partial charge in [0, 0.05) is 23.6 Å². The third kappa shape index (κ3) is 4.27. The second kappa shape index (κ2) is 8.75. The predicted octanol–water partition coefficient (Wildman–Crippen LogP) is 5.55. The molecular weight excluding hydrogens is 338 g/mol. The number of hydrogen-bond donors (Lipinski definition) is 1. The van der Waals surface area contributed by atoms with Gasteiger partial charge in [0.1, 0.15) is 11.4 Å². The molecule has 2 aromatic rings. The Morgan fingerprint density at radius 2 is 2.00 bits per heavy atom. The summed E-state index contributed by atoms with van der Waals surface area (Å²) in [7, 11) is 1.65. The zero-order valence-electron chi connectivity index (χ0n) is 16.7. The van der Waals surface area contributed by atoms with E-state index >= 15 is 0 Å². The van der Waals surface area contributed by atoms with Crippen LogP contribution in [0.2, 0.25) is 0 Å². The molecule has 0 saturated heterocycles. The van der Waals surface area contributed by atoms with E-state index in [-0.39, 0.29) is 5.91 Å². The number of benzene rings is 2. The molecule has 1 fully saturated rings. The van der Waals surface area contributed by atoms with Gasteiger partial charge in [0.25, 0.3) is 5.91 Å². The zero-order valence-corrected chi connectivity index (χ0v) is 16.7. The van der Waals surface area contributed by atoms with Crippen LogP contribution in [0, 0.1) is 5.92 Å². The number of ether oxygens (including phenoxy) is 2. The summed E-state index contributed by atoms with van der Waals surface area (Å²) in [6, 6.07) is 12.0. The van der Waals surface area contributed by atoms with Crippen LogP contribution < -0.4 is 10.1 Å². The maximum Gasteiger partial charge on any atom is 0.256 e. The second-order valence-corrected chi connectivity index (χ2v) is 7.71. The molecule has 1 amide bonds. The lowest BCUT2D eigenvalue weighted by Gasteiger charge is -2.37. The van der Waals surface area contributed by atoms with Crippen molar-refractivity contribution in [3.05, 3.63) is 36.4 Å². The van der Waals surface area contributed by atoms with E-state index in [2.05, 4.69) is 19.2 Å². The van der Waals surface area contributed by atoms with Gasteiger partial charge in [-0.05, 0) is 43.7 Å². The molecule has 0 radical (unpaired) electrons. The average Bonchev–Trinajstić information content (AvgIpc) is 2.69. The van der Waals surface area contributed by atoms with Crippen LogP contribution in [0.5, 0.6) is 5.75 Å². The number of carbonyl (C=O) groups excluding carboxylic acids is 1. The van der Waals surface area contributed by atoms with Gasteiger partial charge in [-0.1, -0.05) is 51.0 Å². The van der Waals surface area contributed by atoms with E-state index in [9.17, 15) is 4.79 Å². The maximum absolute atomic E-state index is 13.1. The molecule has 2 aromatic carbocycles. The maximum atomic E-state index is 13.1. The van der Waals surface area contributed by atoms with Crippen LogP contribution in [0.15, 0.2) is 36.4 Å². The number of nitrogens with one attached hydrogen (secondary N) is 1. The molecule has 1 aliphatic carbocycles. The Bertz CT molecular complexity index is 788. The van der Waals surface area contributed by atoms with E-state index in [1.807, 2.05) is 36.4 Å². The molecule has 0 unspecified atom stereocenters. The number of carbonyl (C=O) groups is 1. The Morgan fingerprint density at radius 3 is 2.70 bits per heavy atom. The number of methoxy groups -OCH3 is 1. The molecule has 4 heteroatoms. The summed E-state index contributed by atoms with van der Waals surface area (Å²) in [5.41, 5.74) is 0.0859. The first-order valence-corrected chi connectivity index (χ1v) is 10.1. The van der Waals surface area contributed by atoms with E-state index in [1.54, 1.807) is 7.11 Å². The van der Waals surface area contributed by atoms with E-state index < -0.39 is 5.60 Å². The summed E-state index contributed by atoms with van der Waals surface area (Å²) < 4.78 is 11.7. The number of anilines is 1. The largest absolute Gasteiger partial charge is 0.493 e. The molecule has 1 saturated carbocycles. The first-order chi connectivity index (χ1) is 13.1. The number of hydrogen-bond acceptors (Lipinski definition) is 3. The van der Waals surface area contributed by atoms with Gasteiger partial charge in [-0.25, -0.2) is 0 Å². The molecule has 0 bridgehead atoms. The van der Waals surface area contributed by atoms with E-state index in [1.165, 1.54) is 0 Å². The van der Waals surface area contributed by atoms with Crippen LogP contribution in [0.25, 0.3) is 10.8 Å². The average molecular weight is 370 g/mol. The van der Waals surface area contributed by atoms with Gasteiger partial charge in [-0.15, -0.1) is 0 Å². The monoisotopic (exact) mass is 369 g/mol. The van der Waals surface area contributed by atoms with Crippen molar-refractivity contribution in [1.82, 2.24) is 0 Å². The minimum absolute atomic E-state index is 0.0404. The SMILES string of the molecule is CCCCOc1ccc(NC(=O)[C@]2(OC)CCC[C@H](C)C2)c2ccccc12. The van der Waals surface area contributed by atoms with Crippen LogP contribution in [0.1, 0.15) is 52.4 Å². The second-order valence-electron chi connectivity index (χ2n) is 7.71. The fourth-order valence-corrected chi connectivity index (χ4v) is 4.06. The van der Waals surface area contributed by atoms with Crippen LogP contribution in [-0.4, -0.2) is 25.2 Å². The van der Waals surface area contributed by atoms with Gasteiger partial charge in [-0.2, -0.15) is 0 Å². The Balaban J connectivity index is 1.86. The van der Waals surface area contributed by atoms with Gasteiger partial charge in [0.15, 0.2) is 0 Å². The molecule has 0 aliphatic heterocycles. The summed E-state index contributed by atoms with van der Waals surface area (Å²) in [5, 5.41) is 5.16. The van der Waals surface area contributed by atoms with Crippen molar-refractivity contribution in [2.75, 3.05) is 19.0 Å². The molecule has 0 heterocycles. The highest BCUT2D eigenvalue weighted by atomic mass is 16.5. The van der Waals surface area contributed by atoms with Crippen molar-refractivity contribution < 1.29 is 14.3 Å². The molecule has 0 aromatic heterocycles. The van der Waals surface area contributed by atoms with Gasteiger partial charge < -0.3 is 14.8 Å². The zero-order chi connectivity index (χ0) is 19.3. The van der Waals surface area contributed by atoms with Crippen molar-refractivity contribution in [3.63, 3.8) is 0 Å². The molecule has 0 spiro atoms. The highest BCUT2D eigenvalue weighted by molar-refractivity contribution is 6.06. The number of unbranched alkanes of at least 4 members (excludes halogenated alkanes) is 1. The van der Waals surface area contributed by atoms with Crippen molar-refractivity contribution in [2.45, 2.75) is 58.0 Å². The van der Waals surface area contributed by atoms with E-state index in [0.717, 1.165) is 60.7 Å². The lowest BCUT2D eigenvalue weighted by atomic mass is 9.78. The first kappa shape index (κ1) is 19.7. The fourth-order valence-electron chi connectivity index (χ4n) is 4.06. The molecule has 1 N–H and O–H groups in total. The lowest BCUT2D eigenvalue weighted by Crippen LogP contribution is -2.47. The third-order valence-corrected chi connectivity index (χ3v) is 5.65. The van der Waals surface area contributed by atoms with Gasteiger partial charge in [-0.3, -0.25) is 4.79 Å².